The minimum atomic E-state index is 0.0420. The topological polar surface area (TPSA) is 33.5 Å². The van der Waals surface area contributed by atoms with Gasteiger partial charge < -0.3 is 9.32 Å². The lowest BCUT2D eigenvalue weighted by Gasteiger charge is -2.38. The molecule has 1 fully saturated rings. The first kappa shape index (κ1) is 13.7. The first-order valence-electron chi connectivity index (χ1n) is 6.41. The molecule has 1 saturated carbocycles. The van der Waals surface area contributed by atoms with Crippen LogP contribution in [0.4, 0.5) is 0 Å². The normalized spacial score (nSPS) is 19.8. The number of carbonyl (C=O) groups excluding carboxylic acids is 1. The number of furan rings is 1. The minimum Gasteiger partial charge on any atom is -0.457 e. The Morgan fingerprint density at radius 3 is 2.56 bits per heavy atom. The summed E-state index contributed by atoms with van der Waals surface area (Å²) in [6.07, 6.45) is 6.08. The zero-order valence-corrected chi connectivity index (χ0v) is 12.8. The number of halogens is 1. The number of carbonyl (C=O) groups is 1. The van der Waals surface area contributed by atoms with Crippen molar-refractivity contribution in [2.75, 3.05) is 7.05 Å². The van der Waals surface area contributed by atoms with Gasteiger partial charge in [0.15, 0.2) is 4.67 Å². The van der Waals surface area contributed by atoms with E-state index in [1.807, 2.05) is 11.9 Å². The van der Waals surface area contributed by atoms with Crippen LogP contribution >= 0.6 is 15.9 Å². The number of hydrogen-bond acceptors (Lipinski definition) is 2. The lowest BCUT2D eigenvalue weighted by Crippen LogP contribution is -2.40. The van der Waals surface area contributed by atoms with Gasteiger partial charge >= 0.3 is 0 Å². The molecule has 1 aromatic heterocycles. The van der Waals surface area contributed by atoms with E-state index in [9.17, 15) is 4.79 Å². The summed E-state index contributed by atoms with van der Waals surface area (Å²) in [5, 5.41) is 0. The summed E-state index contributed by atoms with van der Waals surface area (Å²) >= 11 is 3.26. The molecule has 0 atom stereocenters. The molecule has 1 aliphatic carbocycles. The second-order valence-electron chi connectivity index (χ2n) is 5.92. The first-order chi connectivity index (χ1) is 8.41. The summed E-state index contributed by atoms with van der Waals surface area (Å²) in [5.41, 5.74) is 1.04. The van der Waals surface area contributed by atoms with Crippen LogP contribution in [0, 0.1) is 5.41 Å². The van der Waals surface area contributed by atoms with Gasteiger partial charge in [-0.25, -0.2) is 0 Å². The summed E-state index contributed by atoms with van der Waals surface area (Å²) in [5.74, 6) is 0.0420. The number of rotatable bonds is 2. The maximum absolute atomic E-state index is 12.3. The first-order valence-corrected chi connectivity index (χ1v) is 7.20. The molecule has 0 unspecified atom stereocenters. The van der Waals surface area contributed by atoms with Gasteiger partial charge in [0, 0.05) is 13.1 Å². The molecule has 1 amide bonds. The van der Waals surface area contributed by atoms with Crippen LogP contribution in [0.15, 0.2) is 21.4 Å². The molecule has 0 aliphatic heterocycles. The molecule has 0 spiro atoms. The van der Waals surface area contributed by atoms with Crippen molar-refractivity contribution in [1.82, 2.24) is 4.90 Å². The molecule has 1 aromatic rings. The Bertz CT molecular complexity index is 429. The predicted molar refractivity (Wildman–Crippen MR) is 74.5 cm³/mol. The van der Waals surface area contributed by atoms with Gasteiger partial charge in [0.2, 0.25) is 0 Å². The van der Waals surface area contributed by atoms with Crippen molar-refractivity contribution in [2.24, 2.45) is 5.41 Å². The van der Waals surface area contributed by atoms with Crippen molar-refractivity contribution in [3.05, 3.63) is 22.6 Å². The summed E-state index contributed by atoms with van der Waals surface area (Å²) in [6, 6.07) is 2.07. The summed E-state index contributed by atoms with van der Waals surface area (Å²) in [7, 11) is 1.89. The van der Waals surface area contributed by atoms with Crippen LogP contribution in [0.1, 0.15) is 49.9 Å². The Morgan fingerprint density at radius 2 is 2.06 bits per heavy atom. The zero-order valence-electron chi connectivity index (χ0n) is 11.2. The van der Waals surface area contributed by atoms with Crippen molar-refractivity contribution in [3.63, 3.8) is 0 Å². The Kier molecular flexibility index (Phi) is 3.85. The van der Waals surface area contributed by atoms with Crippen molar-refractivity contribution in [1.29, 1.82) is 0 Å². The van der Waals surface area contributed by atoms with E-state index in [2.05, 4.69) is 29.8 Å². The van der Waals surface area contributed by atoms with E-state index in [0.717, 1.165) is 12.8 Å². The molecule has 0 aromatic carbocycles. The fourth-order valence-electron chi connectivity index (χ4n) is 2.57. The van der Waals surface area contributed by atoms with Crippen molar-refractivity contribution >= 4 is 21.8 Å². The Labute approximate surface area is 117 Å². The van der Waals surface area contributed by atoms with Crippen LogP contribution in [-0.2, 0) is 0 Å². The van der Waals surface area contributed by atoms with E-state index < -0.39 is 0 Å². The van der Waals surface area contributed by atoms with Crippen molar-refractivity contribution in [3.8, 4) is 0 Å². The number of nitrogens with zero attached hydrogens (tertiary/aromatic N) is 1. The fourth-order valence-corrected chi connectivity index (χ4v) is 2.98. The van der Waals surface area contributed by atoms with E-state index in [1.165, 1.54) is 19.1 Å². The average molecular weight is 314 g/mol. The SMILES string of the molecule is CN(C(=O)c1ccoc1Br)C1CCC(C)(C)CC1. The summed E-state index contributed by atoms with van der Waals surface area (Å²) in [4.78, 5) is 14.2. The van der Waals surface area contributed by atoms with E-state index in [0.29, 0.717) is 21.7 Å². The highest BCUT2D eigenvalue weighted by atomic mass is 79.9. The number of hydrogen-bond donors (Lipinski definition) is 0. The third kappa shape index (κ3) is 2.79. The second-order valence-corrected chi connectivity index (χ2v) is 6.64. The molecule has 3 nitrogen and oxygen atoms in total. The fraction of sp³-hybridized carbons (Fsp3) is 0.643. The van der Waals surface area contributed by atoms with Gasteiger partial charge in [-0.1, -0.05) is 13.8 Å². The summed E-state index contributed by atoms with van der Waals surface area (Å²) < 4.78 is 5.65. The van der Waals surface area contributed by atoms with Gasteiger partial charge in [0.05, 0.1) is 11.8 Å². The molecule has 100 valence electrons. The van der Waals surface area contributed by atoms with Crippen LogP contribution in [-0.4, -0.2) is 23.9 Å². The molecule has 18 heavy (non-hydrogen) atoms. The lowest BCUT2D eigenvalue weighted by atomic mass is 9.75. The maximum Gasteiger partial charge on any atom is 0.258 e. The molecule has 0 N–H and O–H groups in total. The second kappa shape index (κ2) is 5.08. The van der Waals surface area contributed by atoms with Gasteiger partial charge in [-0.05, 0) is 53.1 Å². The molecule has 0 saturated heterocycles. The molecule has 1 aliphatic rings. The van der Waals surface area contributed by atoms with Gasteiger partial charge in [-0.3, -0.25) is 4.79 Å². The molecular weight excluding hydrogens is 294 g/mol. The van der Waals surface area contributed by atoms with Crippen LogP contribution in [0.25, 0.3) is 0 Å². The third-order valence-corrected chi connectivity index (χ3v) is 4.64. The predicted octanol–water partition coefficient (Wildman–Crippen LogP) is 4.08. The molecule has 4 heteroatoms. The minimum absolute atomic E-state index is 0.0420. The van der Waals surface area contributed by atoms with E-state index >= 15 is 0 Å². The quantitative estimate of drug-likeness (QED) is 0.824. The highest BCUT2D eigenvalue weighted by Crippen LogP contribution is 2.37. The van der Waals surface area contributed by atoms with Crippen LogP contribution in [0.3, 0.4) is 0 Å². The lowest BCUT2D eigenvalue weighted by molar-refractivity contribution is 0.0633. The summed E-state index contributed by atoms with van der Waals surface area (Å²) in [6.45, 7) is 4.61. The monoisotopic (exact) mass is 313 g/mol. The van der Waals surface area contributed by atoms with Crippen LogP contribution < -0.4 is 0 Å². The smallest absolute Gasteiger partial charge is 0.258 e. The molecule has 0 bridgehead atoms. The molecule has 1 heterocycles. The van der Waals surface area contributed by atoms with Crippen molar-refractivity contribution in [2.45, 2.75) is 45.6 Å². The van der Waals surface area contributed by atoms with Gasteiger partial charge in [0.25, 0.3) is 5.91 Å². The Balaban J connectivity index is 2.02. The van der Waals surface area contributed by atoms with Gasteiger partial charge in [-0.15, -0.1) is 0 Å². The van der Waals surface area contributed by atoms with E-state index in [1.54, 1.807) is 6.07 Å². The van der Waals surface area contributed by atoms with Crippen LogP contribution in [0.2, 0.25) is 0 Å². The van der Waals surface area contributed by atoms with Gasteiger partial charge in [0.1, 0.15) is 0 Å². The molecule has 0 radical (unpaired) electrons. The van der Waals surface area contributed by atoms with E-state index in [-0.39, 0.29) is 5.91 Å². The molecule has 2 rings (SSSR count). The molecular formula is C14H20BrNO2. The van der Waals surface area contributed by atoms with Gasteiger partial charge in [-0.2, -0.15) is 0 Å². The largest absolute Gasteiger partial charge is 0.457 e. The third-order valence-electron chi connectivity index (χ3n) is 4.03. The average Bonchev–Trinajstić information content (AvgIpc) is 2.73. The van der Waals surface area contributed by atoms with E-state index in [4.69, 9.17) is 4.42 Å². The number of amides is 1. The van der Waals surface area contributed by atoms with Crippen molar-refractivity contribution < 1.29 is 9.21 Å². The highest BCUT2D eigenvalue weighted by molar-refractivity contribution is 9.10. The Morgan fingerprint density at radius 1 is 1.44 bits per heavy atom. The van der Waals surface area contributed by atoms with Crippen LogP contribution in [0.5, 0.6) is 0 Å². The zero-order chi connectivity index (χ0) is 13.3. The Hall–Kier alpha value is -0.770. The standard InChI is InChI=1S/C14H20BrNO2/c1-14(2)7-4-10(5-8-14)16(3)13(17)11-6-9-18-12(11)15/h6,9-10H,4-5,7-8H2,1-3H3. The highest BCUT2D eigenvalue weighted by Gasteiger charge is 2.31. The maximum atomic E-state index is 12.3.